The van der Waals surface area contributed by atoms with Crippen molar-refractivity contribution in [3.8, 4) is 0 Å². The summed E-state index contributed by atoms with van der Waals surface area (Å²) in [6, 6.07) is 6.92. The van der Waals surface area contributed by atoms with E-state index in [1.165, 1.54) is 49.7 Å². The van der Waals surface area contributed by atoms with Gasteiger partial charge in [0.15, 0.2) is 5.96 Å². The number of hydrogen-bond donors (Lipinski definition) is 2. The van der Waals surface area contributed by atoms with Crippen LogP contribution in [0, 0.1) is 0 Å². The summed E-state index contributed by atoms with van der Waals surface area (Å²) in [6.07, 6.45) is 8.47. The Morgan fingerprint density at radius 1 is 1.15 bits per heavy atom. The highest BCUT2D eigenvalue weighted by molar-refractivity contribution is 7.89. The minimum Gasteiger partial charge on any atom is -0.356 e. The van der Waals surface area contributed by atoms with E-state index in [1.807, 2.05) is 12.1 Å². The van der Waals surface area contributed by atoms with Crippen molar-refractivity contribution in [2.75, 3.05) is 27.7 Å². The minimum atomic E-state index is -3.38. The van der Waals surface area contributed by atoms with Crippen LogP contribution in [0.25, 0.3) is 0 Å². The highest BCUT2D eigenvalue weighted by atomic mass is 32.2. The lowest BCUT2D eigenvalue weighted by Gasteiger charge is -2.15. The molecule has 0 aliphatic heterocycles. The molecule has 0 saturated heterocycles. The van der Waals surface area contributed by atoms with Gasteiger partial charge in [0.05, 0.1) is 4.90 Å². The van der Waals surface area contributed by atoms with Gasteiger partial charge in [-0.3, -0.25) is 4.99 Å². The van der Waals surface area contributed by atoms with Crippen molar-refractivity contribution >= 4 is 16.0 Å². The van der Waals surface area contributed by atoms with Gasteiger partial charge in [0.2, 0.25) is 10.0 Å². The predicted octanol–water partition coefficient (Wildman–Crippen LogP) is 2.49. The molecule has 0 amide bonds. The summed E-state index contributed by atoms with van der Waals surface area (Å²) in [7, 11) is 1.43. The summed E-state index contributed by atoms with van der Waals surface area (Å²) in [5, 5.41) is 6.60. The normalized spacial score (nSPS) is 15.7. The Bertz CT molecular complexity index is 737. The fourth-order valence-corrected chi connectivity index (χ4v) is 3.77. The van der Waals surface area contributed by atoms with Gasteiger partial charge in [-0.05, 0) is 49.8 Å². The van der Waals surface area contributed by atoms with Crippen LogP contribution in [0.5, 0.6) is 0 Å². The van der Waals surface area contributed by atoms with E-state index in [2.05, 4.69) is 21.7 Å². The maximum absolute atomic E-state index is 12.1. The van der Waals surface area contributed by atoms with Crippen LogP contribution in [-0.4, -0.2) is 46.4 Å². The third-order valence-electron chi connectivity index (χ3n) is 4.51. The van der Waals surface area contributed by atoms with Crippen LogP contribution in [0.15, 0.2) is 45.8 Å². The summed E-state index contributed by atoms with van der Waals surface area (Å²) < 4.78 is 25.4. The average Bonchev–Trinajstić information content (AvgIpc) is 2.65. The largest absolute Gasteiger partial charge is 0.356 e. The summed E-state index contributed by atoms with van der Waals surface area (Å²) in [5.74, 6) is 0.756. The molecule has 144 valence electrons. The van der Waals surface area contributed by atoms with Gasteiger partial charge in [-0.25, -0.2) is 12.7 Å². The van der Waals surface area contributed by atoms with Crippen LogP contribution in [0.3, 0.4) is 0 Å². The molecule has 0 fully saturated rings. The molecule has 0 bridgehead atoms. The Balaban J connectivity index is 1.81. The number of guanidine groups is 1. The second-order valence-electron chi connectivity index (χ2n) is 6.64. The molecule has 1 aliphatic rings. The van der Waals surface area contributed by atoms with Crippen molar-refractivity contribution < 1.29 is 8.42 Å². The zero-order valence-electron chi connectivity index (χ0n) is 16.0. The quantitative estimate of drug-likeness (QED) is 0.434. The fourth-order valence-electron chi connectivity index (χ4n) is 2.87. The summed E-state index contributed by atoms with van der Waals surface area (Å²) >= 11 is 0. The fraction of sp³-hybridized carbons (Fsp3) is 0.526. The van der Waals surface area contributed by atoms with Crippen LogP contribution in [0.4, 0.5) is 0 Å². The van der Waals surface area contributed by atoms with E-state index >= 15 is 0 Å². The number of nitrogens with zero attached hydrogens (tertiary/aromatic N) is 2. The van der Waals surface area contributed by atoms with Gasteiger partial charge < -0.3 is 10.6 Å². The Kier molecular flexibility index (Phi) is 7.66. The predicted molar refractivity (Wildman–Crippen MR) is 107 cm³/mol. The monoisotopic (exact) mass is 378 g/mol. The smallest absolute Gasteiger partial charge is 0.242 e. The third kappa shape index (κ3) is 5.85. The molecule has 1 aromatic carbocycles. The summed E-state index contributed by atoms with van der Waals surface area (Å²) in [4.78, 5) is 4.54. The molecular formula is C19H30N4O2S. The lowest BCUT2D eigenvalue weighted by Crippen LogP contribution is -2.37. The van der Waals surface area contributed by atoms with Crippen molar-refractivity contribution in [1.29, 1.82) is 0 Å². The zero-order chi connectivity index (χ0) is 19.0. The number of allylic oxidation sites excluding steroid dienone is 1. The molecule has 2 N–H and O–H groups in total. The number of aliphatic imine (C=N–C) groups is 1. The van der Waals surface area contributed by atoms with Gasteiger partial charge in [0.25, 0.3) is 0 Å². The van der Waals surface area contributed by atoms with Gasteiger partial charge in [-0.1, -0.05) is 23.8 Å². The number of benzene rings is 1. The molecule has 26 heavy (non-hydrogen) atoms. The zero-order valence-corrected chi connectivity index (χ0v) is 16.8. The number of sulfonamides is 1. The highest BCUT2D eigenvalue weighted by Gasteiger charge is 2.16. The highest BCUT2D eigenvalue weighted by Crippen LogP contribution is 2.19. The molecule has 0 atom stereocenters. The Labute approximate surface area is 157 Å². The van der Waals surface area contributed by atoms with E-state index in [9.17, 15) is 8.42 Å². The lowest BCUT2D eigenvalue weighted by atomic mass is 9.97. The molecule has 1 aliphatic carbocycles. The van der Waals surface area contributed by atoms with E-state index in [4.69, 9.17) is 0 Å². The third-order valence-corrected chi connectivity index (χ3v) is 6.34. The first-order valence-corrected chi connectivity index (χ1v) is 10.5. The van der Waals surface area contributed by atoms with Crippen molar-refractivity contribution in [3.63, 3.8) is 0 Å². The molecule has 2 rings (SSSR count). The van der Waals surface area contributed by atoms with Crippen LogP contribution in [0.2, 0.25) is 0 Å². The van der Waals surface area contributed by atoms with Crippen LogP contribution < -0.4 is 10.6 Å². The standard InChI is InChI=1S/C19H30N4O2S/c1-20-19(21-14-13-16-7-5-4-6-8-16)22-15-17-9-11-18(12-10-17)26(24,25)23(2)3/h7,9-12H,4-6,8,13-15H2,1-3H3,(H2,20,21,22). The Hall–Kier alpha value is -1.86. The molecule has 6 nitrogen and oxygen atoms in total. The first-order valence-electron chi connectivity index (χ1n) is 9.07. The Morgan fingerprint density at radius 2 is 1.88 bits per heavy atom. The van der Waals surface area contributed by atoms with Gasteiger partial charge in [-0.2, -0.15) is 0 Å². The first kappa shape index (κ1) is 20.5. The topological polar surface area (TPSA) is 73.8 Å². The molecular weight excluding hydrogens is 348 g/mol. The van der Waals surface area contributed by atoms with Crippen LogP contribution >= 0.6 is 0 Å². The molecule has 0 radical (unpaired) electrons. The second-order valence-corrected chi connectivity index (χ2v) is 8.79. The van der Waals surface area contributed by atoms with Crippen molar-refractivity contribution in [1.82, 2.24) is 14.9 Å². The SMILES string of the molecule is CN=C(NCCC1=CCCCC1)NCc1ccc(S(=O)(=O)N(C)C)cc1. The number of rotatable bonds is 7. The molecule has 0 aromatic heterocycles. The Morgan fingerprint density at radius 3 is 2.46 bits per heavy atom. The van der Waals surface area contributed by atoms with Gasteiger partial charge in [0, 0.05) is 34.2 Å². The molecule has 0 saturated carbocycles. The van der Waals surface area contributed by atoms with Crippen molar-refractivity contribution in [3.05, 3.63) is 41.5 Å². The van der Waals surface area contributed by atoms with Crippen LogP contribution in [-0.2, 0) is 16.6 Å². The van der Waals surface area contributed by atoms with E-state index in [1.54, 1.807) is 19.2 Å². The summed E-state index contributed by atoms with van der Waals surface area (Å²) in [6.45, 7) is 1.45. The molecule has 0 spiro atoms. The maximum atomic E-state index is 12.1. The van der Waals surface area contributed by atoms with Gasteiger partial charge >= 0.3 is 0 Å². The van der Waals surface area contributed by atoms with E-state index in [0.29, 0.717) is 11.4 Å². The van der Waals surface area contributed by atoms with Gasteiger partial charge in [0.1, 0.15) is 0 Å². The van der Waals surface area contributed by atoms with Crippen molar-refractivity contribution in [2.24, 2.45) is 4.99 Å². The molecule has 0 heterocycles. The lowest BCUT2D eigenvalue weighted by molar-refractivity contribution is 0.520. The van der Waals surface area contributed by atoms with E-state index in [-0.39, 0.29) is 0 Å². The van der Waals surface area contributed by atoms with E-state index < -0.39 is 10.0 Å². The number of nitrogens with one attached hydrogen (secondary N) is 2. The van der Waals surface area contributed by atoms with Gasteiger partial charge in [-0.15, -0.1) is 0 Å². The maximum Gasteiger partial charge on any atom is 0.242 e. The average molecular weight is 379 g/mol. The molecule has 7 heteroatoms. The molecule has 1 aromatic rings. The van der Waals surface area contributed by atoms with E-state index in [0.717, 1.165) is 24.5 Å². The van der Waals surface area contributed by atoms with Crippen molar-refractivity contribution in [2.45, 2.75) is 43.5 Å². The summed E-state index contributed by atoms with van der Waals surface area (Å²) in [5.41, 5.74) is 2.54. The molecule has 0 unspecified atom stereocenters. The first-order chi connectivity index (χ1) is 12.4. The minimum absolute atomic E-state index is 0.300. The van der Waals surface area contributed by atoms with Crippen LogP contribution in [0.1, 0.15) is 37.7 Å². The number of hydrogen-bond acceptors (Lipinski definition) is 3. The second kappa shape index (κ2) is 9.73.